The molecule has 39 heavy (non-hydrogen) atoms. The molecule has 0 bridgehead atoms. The highest BCUT2D eigenvalue weighted by atomic mass is 35.5. The van der Waals surface area contributed by atoms with E-state index in [-0.39, 0.29) is 10.6 Å². The zero-order valence-corrected chi connectivity index (χ0v) is 23.4. The van der Waals surface area contributed by atoms with Crippen LogP contribution in [0.5, 0.6) is 5.75 Å². The smallest absolute Gasteiger partial charge is 0.268 e. The molecule has 0 aliphatic carbocycles. The second-order valence-electron chi connectivity index (χ2n) is 9.18. The van der Waals surface area contributed by atoms with E-state index in [1.165, 1.54) is 13.2 Å². The van der Waals surface area contributed by atoms with E-state index in [0.717, 1.165) is 38.2 Å². The predicted molar refractivity (Wildman–Crippen MR) is 157 cm³/mol. The van der Waals surface area contributed by atoms with Crippen LogP contribution in [0.1, 0.15) is 12.5 Å². The first-order valence-corrected chi connectivity index (χ1v) is 14.3. The van der Waals surface area contributed by atoms with Crippen LogP contribution in [0.2, 0.25) is 5.02 Å². The number of hydrogen-bond acceptors (Lipinski definition) is 4. The van der Waals surface area contributed by atoms with E-state index in [9.17, 15) is 13.2 Å². The first-order chi connectivity index (χ1) is 18.7. The number of aryl methyl sites for hydroxylation is 2. The minimum absolute atomic E-state index is 0.0263. The maximum Gasteiger partial charge on any atom is 0.268 e. The van der Waals surface area contributed by atoms with Crippen molar-refractivity contribution in [2.75, 3.05) is 23.3 Å². The highest BCUT2D eigenvalue weighted by Crippen LogP contribution is 2.33. The third-order valence-corrected chi connectivity index (χ3v) is 8.71. The molecule has 0 atom stereocenters. The fraction of sp³-hybridized carbons (Fsp3) is 0.167. The Kier molecular flexibility index (Phi) is 7.25. The molecule has 1 N–H and O–H groups in total. The van der Waals surface area contributed by atoms with E-state index in [2.05, 4.69) is 28.9 Å². The molecule has 4 aromatic carbocycles. The number of nitrogens with zero attached hydrogens (tertiary/aromatic N) is 2. The molecule has 0 fully saturated rings. The second kappa shape index (κ2) is 10.6. The van der Waals surface area contributed by atoms with Crippen LogP contribution in [0.15, 0.2) is 89.8 Å². The van der Waals surface area contributed by atoms with Gasteiger partial charge in [-0.15, -0.1) is 0 Å². The Morgan fingerprint density at radius 2 is 1.67 bits per heavy atom. The largest absolute Gasteiger partial charge is 0.495 e. The lowest BCUT2D eigenvalue weighted by atomic mass is 10.1. The number of amides is 1. The van der Waals surface area contributed by atoms with Gasteiger partial charge in [0.15, 0.2) is 0 Å². The van der Waals surface area contributed by atoms with Crippen LogP contribution < -0.4 is 14.4 Å². The number of hydrogen-bond donors (Lipinski definition) is 1. The van der Waals surface area contributed by atoms with Crippen molar-refractivity contribution in [2.24, 2.45) is 0 Å². The average molecular weight is 562 g/mol. The lowest BCUT2D eigenvalue weighted by molar-refractivity contribution is -0.114. The summed E-state index contributed by atoms with van der Waals surface area (Å²) in [6.45, 7) is 4.25. The van der Waals surface area contributed by atoms with Gasteiger partial charge >= 0.3 is 0 Å². The fourth-order valence-corrected chi connectivity index (χ4v) is 6.62. The van der Waals surface area contributed by atoms with E-state index in [1.807, 2.05) is 30.3 Å². The van der Waals surface area contributed by atoms with Crippen LogP contribution in [0.25, 0.3) is 21.8 Å². The molecule has 1 heterocycles. The molecule has 1 amide bonds. The van der Waals surface area contributed by atoms with Crippen molar-refractivity contribution in [3.8, 4) is 5.75 Å². The molecule has 0 saturated carbocycles. The number of benzene rings is 4. The molecule has 0 spiro atoms. The molecule has 9 heteroatoms. The molecular formula is C30H28ClN3O4S. The number of halogens is 1. The van der Waals surface area contributed by atoms with Crippen LogP contribution in [0, 0.1) is 6.92 Å². The van der Waals surface area contributed by atoms with Gasteiger partial charge in [0.25, 0.3) is 10.0 Å². The zero-order chi connectivity index (χ0) is 27.7. The number of nitrogens with one attached hydrogen (secondary N) is 1. The number of sulfonamides is 1. The maximum absolute atomic E-state index is 13.9. The Hall–Kier alpha value is -4.01. The Morgan fingerprint density at radius 3 is 2.38 bits per heavy atom. The SMILES string of the molecule is CCn1c2ccccc2c2cc(NC(=O)CN(c3ccc(Cl)cc3)S(=O)(=O)c3cc(C)ccc3OC)ccc21. The number of carbonyl (C=O) groups excluding carboxylic acids is 1. The van der Waals surface area contributed by atoms with Crippen LogP contribution in [0.4, 0.5) is 11.4 Å². The summed E-state index contributed by atoms with van der Waals surface area (Å²) in [5.74, 6) is -0.295. The van der Waals surface area contributed by atoms with Gasteiger partial charge in [0.05, 0.1) is 12.8 Å². The standard InChI is InChI=1S/C30H28ClN3O4S/c1-4-33-26-8-6-5-7-24(26)25-18-22(12-15-27(25)33)32-30(35)19-34(23-13-10-21(31)11-14-23)39(36,37)29-17-20(2)9-16-28(29)38-3/h5-18H,4,19H2,1-3H3,(H,32,35). The number of fused-ring (bicyclic) bond motifs is 3. The van der Waals surface area contributed by atoms with Gasteiger partial charge in [0, 0.05) is 39.1 Å². The van der Waals surface area contributed by atoms with Gasteiger partial charge in [-0.3, -0.25) is 9.10 Å². The number of aromatic nitrogens is 1. The summed E-state index contributed by atoms with van der Waals surface area (Å²) in [4.78, 5) is 13.3. The maximum atomic E-state index is 13.9. The lowest BCUT2D eigenvalue weighted by Gasteiger charge is -2.25. The highest BCUT2D eigenvalue weighted by molar-refractivity contribution is 7.93. The van der Waals surface area contributed by atoms with E-state index in [0.29, 0.717) is 16.4 Å². The molecule has 0 unspecified atom stereocenters. The van der Waals surface area contributed by atoms with Crippen molar-refractivity contribution < 1.29 is 17.9 Å². The highest BCUT2D eigenvalue weighted by Gasteiger charge is 2.30. The molecule has 0 aliphatic rings. The topological polar surface area (TPSA) is 80.6 Å². The summed E-state index contributed by atoms with van der Waals surface area (Å²) in [6.07, 6.45) is 0. The molecule has 0 radical (unpaired) electrons. The summed E-state index contributed by atoms with van der Waals surface area (Å²) in [7, 11) is -2.77. The fourth-order valence-electron chi connectivity index (χ4n) is 4.83. The van der Waals surface area contributed by atoms with Crippen molar-refractivity contribution in [1.82, 2.24) is 4.57 Å². The summed E-state index contributed by atoms with van der Waals surface area (Å²) in [6, 6.07) is 25.1. The third kappa shape index (κ3) is 5.05. The molecule has 1 aromatic heterocycles. The minimum atomic E-state index is -4.18. The molecule has 7 nitrogen and oxygen atoms in total. The van der Waals surface area contributed by atoms with Gasteiger partial charge in [-0.05, 0) is 80.1 Å². The van der Waals surface area contributed by atoms with Gasteiger partial charge in [-0.2, -0.15) is 0 Å². The molecule has 5 aromatic rings. The zero-order valence-electron chi connectivity index (χ0n) is 21.8. The summed E-state index contributed by atoms with van der Waals surface area (Å²) in [5.41, 5.74) is 3.81. The van der Waals surface area contributed by atoms with Crippen LogP contribution in [0.3, 0.4) is 0 Å². The van der Waals surface area contributed by atoms with Crippen LogP contribution >= 0.6 is 11.6 Å². The van der Waals surface area contributed by atoms with Gasteiger partial charge in [-0.25, -0.2) is 8.42 Å². The monoisotopic (exact) mass is 561 g/mol. The molecule has 200 valence electrons. The number of methoxy groups -OCH3 is 1. The Morgan fingerprint density at radius 1 is 0.949 bits per heavy atom. The van der Waals surface area contributed by atoms with E-state index < -0.39 is 22.5 Å². The Balaban J connectivity index is 1.51. The number of anilines is 2. The predicted octanol–water partition coefficient (Wildman–Crippen LogP) is 6.62. The first-order valence-electron chi connectivity index (χ1n) is 12.5. The third-order valence-electron chi connectivity index (χ3n) is 6.66. The molecule has 5 rings (SSSR count). The van der Waals surface area contributed by atoms with Gasteiger partial charge in [-0.1, -0.05) is 35.9 Å². The lowest BCUT2D eigenvalue weighted by Crippen LogP contribution is -2.38. The van der Waals surface area contributed by atoms with Gasteiger partial charge in [0.1, 0.15) is 17.2 Å². The quantitative estimate of drug-likeness (QED) is 0.231. The Labute approximate surface area is 232 Å². The van der Waals surface area contributed by atoms with Crippen molar-refractivity contribution >= 4 is 60.7 Å². The normalized spacial score (nSPS) is 11.6. The van der Waals surface area contributed by atoms with E-state index >= 15 is 0 Å². The number of ether oxygens (including phenoxy) is 1. The average Bonchev–Trinajstić information content (AvgIpc) is 3.25. The number of rotatable bonds is 8. The van der Waals surface area contributed by atoms with E-state index in [1.54, 1.807) is 43.3 Å². The van der Waals surface area contributed by atoms with E-state index in [4.69, 9.17) is 16.3 Å². The molecule has 0 saturated heterocycles. The van der Waals surface area contributed by atoms with Crippen molar-refractivity contribution in [3.05, 3.63) is 95.5 Å². The van der Waals surface area contributed by atoms with Gasteiger partial charge in [0.2, 0.25) is 5.91 Å². The summed E-state index contributed by atoms with van der Waals surface area (Å²) in [5, 5.41) is 5.44. The number of carbonyl (C=O) groups is 1. The second-order valence-corrected chi connectivity index (χ2v) is 11.5. The van der Waals surface area contributed by atoms with Crippen molar-refractivity contribution in [2.45, 2.75) is 25.3 Å². The minimum Gasteiger partial charge on any atom is -0.495 e. The van der Waals surface area contributed by atoms with Crippen LogP contribution in [-0.2, 0) is 21.4 Å². The van der Waals surface area contributed by atoms with Crippen molar-refractivity contribution in [1.29, 1.82) is 0 Å². The summed E-state index contributed by atoms with van der Waals surface area (Å²) >= 11 is 6.06. The molecule has 0 aliphatic heterocycles. The van der Waals surface area contributed by atoms with Gasteiger partial charge < -0.3 is 14.6 Å². The summed E-state index contributed by atoms with van der Waals surface area (Å²) < 4.78 is 36.5. The number of para-hydroxylation sites is 1. The molecular weight excluding hydrogens is 534 g/mol. The Bertz CT molecular complexity index is 1800. The first kappa shape index (κ1) is 26.6. The van der Waals surface area contributed by atoms with Crippen molar-refractivity contribution in [3.63, 3.8) is 0 Å². The van der Waals surface area contributed by atoms with Crippen LogP contribution in [-0.4, -0.2) is 32.5 Å².